The van der Waals surface area contributed by atoms with E-state index >= 15 is 0 Å². The lowest BCUT2D eigenvalue weighted by atomic mass is 10.1. The van der Waals surface area contributed by atoms with E-state index in [1.807, 2.05) is 6.92 Å². The average molecular weight is 299 g/mol. The van der Waals surface area contributed by atoms with Crippen molar-refractivity contribution in [2.24, 2.45) is 0 Å². The van der Waals surface area contributed by atoms with Crippen LogP contribution in [0.25, 0.3) is 10.2 Å². The monoisotopic (exact) mass is 299 g/mol. The number of hydrogen-bond acceptors (Lipinski definition) is 6. The fourth-order valence-electron chi connectivity index (χ4n) is 2.35. The second kappa shape index (κ2) is 5.73. The van der Waals surface area contributed by atoms with Crippen molar-refractivity contribution >= 4 is 27.4 Å². The number of nitrogens with zero attached hydrogens (tertiary/aromatic N) is 4. The summed E-state index contributed by atoms with van der Waals surface area (Å²) >= 11 is 1.72. The Balaban J connectivity index is 1.91. The Labute approximate surface area is 127 Å². The van der Waals surface area contributed by atoms with Crippen LogP contribution in [0.1, 0.15) is 28.8 Å². The topological polar surface area (TPSA) is 63.6 Å². The lowest BCUT2D eigenvalue weighted by molar-refractivity contribution is 0.976. The van der Waals surface area contributed by atoms with Gasteiger partial charge in [0.1, 0.15) is 17.0 Å². The lowest BCUT2D eigenvalue weighted by Crippen LogP contribution is -2.05. The molecule has 1 N–H and O–H groups in total. The van der Waals surface area contributed by atoms with Crippen LogP contribution in [0.3, 0.4) is 0 Å². The van der Waals surface area contributed by atoms with Gasteiger partial charge in [-0.05, 0) is 25.8 Å². The zero-order valence-corrected chi connectivity index (χ0v) is 13.2. The van der Waals surface area contributed by atoms with Gasteiger partial charge < -0.3 is 5.32 Å². The summed E-state index contributed by atoms with van der Waals surface area (Å²) in [5.41, 5.74) is 3.15. The van der Waals surface area contributed by atoms with Crippen LogP contribution in [-0.4, -0.2) is 19.9 Å². The minimum absolute atomic E-state index is 0.609. The normalized spacial score (nSPS) is 11.0. The smallest absolute Gasteiger partial charge is 0.138 e. The molecule has 0 radical (unpaired) electrons. The third-order valence-corrected chi connectivity index (χ3v) is 4.47. The van der Waals surface area contributed by atoms with E-state index in [-0.39, 0.29) is 0 Å². The molecule has 0 bridgehead atoms. The van der Waals surface area contributed by atoms with Gasteiger partial charge in [0.05, 0.1) is 29.5 Å². The van der Waals surface area contributed by atoms with Crippen molar-refractivity contribution in [3.63, 3.8) is 0 Å². The molecule has 21 heavy (non-hydrogen) atoms. The number of nitrogens with one attached hydrogen (secondary N) is 1. The van der Waals surface area contributed by atoms with Crippen LogP contribution in [-0.2, 0) is 13.0 Å². The first-order chi connectivity index (χ1) is 10.2. The van der Waals surface area contributed by atoms with E-state index in [1.54, 1.807) is 30.1 Å². The number of hydrogen-bond donors (Lipinski definition) is 1. The van der Waals surface area contributed by atoms with Gasteiger partial charge >= 0.3 is 0 Å². The van der Waals surface area contributed by atoms with Crippen molar-refractivity contribution < 1.29 is 0 Å². The van der Waals surface area contributed by atoms with Gasteiger partial charge in [-0.15, -0.1) is 11.3 Å². The Morgan fingerprint density at radius 1 is 1.10 bits per heavy atom. The maximum absolute atomic E-state index is 4.40. The molecule has 0 unspecified atom stereocenters. The van der Waals surface area contributed by atoms with Crippen LogP contribution in [0.4, 0.5) is 5.82 Å². The number of aryl methyl sites for hydroxylation is 3. The van der Waals surface area contributed by atoms with E-state index < -0.39 is 0 Å². The Morgan fingerprint density at radius 3 is 2.67 bits per heavy atom. The van der Waals surface area contributed by atoms with Gasteiger partial charge in [0.2, 0.25) is 0 Å². The molecule has 0 saturated heterocycles. The highest BCUT2D eigenvalue weighted by Gasteiger charge is 2.13. The highest BCUT2D eigenvalue weighted by atomic mass is 32.1. The highest BCUT2D eigenvalue weighted by Crippen LogP contribution is 2.33. The van der Waals surface area contributed by atoms with Crippen molar-refractivity contribution in [2.75, 3.05) is 5.32 Å². The minimum Gasteiger partial charge on any atom is -0.364 e. The fraction of sp³-hybridized carbons (Fsp3) is 0.333. The van der Waals surface area contributed by atoms with Crippen LogP contribution in [0.2, 0.25) is 0 Å². The molecule has 0 atom stereocenters. The molecule has 0 aliphatic heterocycles. The quantitative estimate of drug-likeness (QED) is 0.801. The number of thiophene rings is 1. The van der Waals surface area contributed by atoms with Gasteiger partial charge in [0.15, 0.2) is 0 Å². The maximum Gasteiger partial charge on any atom is 0.138 e. The first-order valence-electron chi connectivity index (χ1n) is 6.93. The van der Waals surface area contributed by atoms with Gasteiger partial charge in [-0.2, -0.15) is 0 Å². The standard InChI is InChI=1S/C15H17N5S/c1-4-12-10(3)21-15-13(12)14(19-8-20-15)18-7-11-6-16-9(2)5-17-11/h5-6,8H,4,7H2,1-3H3,(H,18,19,20). The van der Waals surface area contributed by atoms with Gasteiger partial charge in [-0.25, -0.2) is 9.97 Å². The minimum atomic E-state index is 0.609. The molecule has 5 nitrogen and oxygen atoms in total. The first-order valence-corrected chi connectivity index (χ1v) is 7.75. The summed E-state index contributed by atoms with van der Waals surface area (Å²) in [7, 11) is 0. The number of anilines is 1. The predicted octanol–water partition coefficient (Wildman–Crippen LogP) is 3.27. The lowest BCUT2D eigenvalue weighted by Gasteiger charge is -2.07. The third-order valence-electron chi connectivity index (χ3n) is 3.41. The molecule has 0 spiro atoms. The summed E-state index contributed by atoms with van der Waals surface area (Å²) in [6.07, 6.45) is 6.16. The number of rotatable bonds is 4. The zero-order valence-electron chi connectivity index (χ0n) is 12.3. The average Bonchev–Trinajstić information content (AvgIpc) is 2.82. The highest BCUT2D eigenvalue weighted by molar-refractivity contribution is 7.18. The van der Waals surface area contributed by atoms with E-state index in [1.165, 1.54) is 10.4 Å². The van der Waals surface area contributed by atoms with Crippen molar-refractivity contribution in [2.45, 2.75) is 33.7 Å². The second-order valence-electron chi connectivity index (χ2n) is 4.90. The summed E-state index contributed by atoms with van der Waals surface area (Å²) in [4.78, 5) is 19.7. The summed E-state index contributed by atoms with van der Waals surface area (Å²) in [5, 5.41) is 4.51. The Bertz CT molecular complexity index is 764. The molecule has 3 rings (SSSR count). The summed E-state index contributed by atoms with van der Waals surface area (Å²) in [6.45, 7) is 6.84. The van der Waals surface area contributed by atoms with Gasteiger partial charge in [0.25, 0.3) is 0 Å². The van der Waals surface area contributed by atoms with Crippen LogP contribution in [0.5, 0.6) is 0 Å². The summed E-state index contributed by atoms with van der Waals surface area (Å²) < 4.78 is 0. The van der Waals surface area contributed by atoms with E-state index in [4.69, 9.17) is 0 Å². The predicted molar refractivity (Wildman–Crippen MR) is 85.6 cm³/mol. The van der Waals surface area contributed by atoms with E-state index in [0.29, 0.717) is 6.54 Å². The fourth-order valence-corrected chi connectivity index (χ4v) is 3.43. The molecule has 0 saturated carbocycles. The summed E-state index contributed by atoms with van der Waals surface area (Å²) in [5.74, 6) is 0.878. The summed E-state index contributed by atoms with van der Waals surface area (Å²) in [6, 6.07) is 0. The molecular weight excluding hydrogens is 282 g/mol. The zero-order chi connectivity index (χ0) is 14.8. The van der Waals surface area contributed by atoms with Gasteiger partial charge in [0, 0.05) is 11.1 Å². The van der Waals surface area contributed by atoms with Crippen LogP contribution < -0.4 is 5.32 Å². The van der Waals surface area contributed by atoms with E-state index in [2.05, 4.69) is 39.1 Å². The van der Waals surface area contributed by atoms with Crippen molar-refractivity contribution in [1.82, 2.24) is 19.9 Å². The van der Waals surface area contributed by atoms with E-state index in [0.717, 1.165) is 33.8 Å². The first kappa shape index (κ1) is 13.9. The molecular formula is C15H17N5S. The molecule has 6 heteroatoms. The van der Waals surface area contributed by atoms with E-state index in [9.17, 15) is 0 Å². The van der Waals surface area contributed by atoms with Gasteiger partial charge in [-0.3, -0.25) is 9.97 Å². The Morgan fingerprint density at radius 2 is 1.95 bits per heavy atom. The van der Waals surface area contributed by atoms with Crippen molar-refractivity contribution in [3.8, 4) is 0 Å². The molecule has 0 aromatic carbocycles. The molecule has 0 aliphatic carbocycles. The molecule has 3 aromatic rings. The van der Waals surface area contributed by atoms with Crippen molar-refractivity contribution in [1.29, 1.82) is 0 Å². The second-order valence-corrected chi connectivity index (χ2v) is 6.10. The molecule has 0 aliphatic rings. The molecule has 3 heterocycles. The van der Waals surface area contributed by atoms with Crippen LogP contribution >= 0.6 is 11.3 Å². The Hall–Kier alpha value is -2.08. The molecule has 3 aromatic heterocycles. The van der Waals surface area contributed by atoms with Crippen molar-refractivity contribution in [3.05, 3.63) is 40.5 Å². The van der Waals surface area contributed by atoms with Crippen LogP contribution in [0.15, 0.2) is 18.7 Å². The molecule has 108 valence electrons. The maximum atomic E-state index is 4.40. The van der Waals surface area contributed by atoms with Gasteiger partial charge in [-0.1, -0.05) is 6.92 Å². The third kappa shape index (κ3) is 2.71. The molecule has 0 amide bonds. The Kier molecular flexibility index (Phi) is 3.79. The molecule has 0 fully saturated rings. The van der Waals surface area contributed by atoms with Crippen LogP contribution in [0, 0.1) is 13.8 Å². The number of aromatic nitrogens is 4. The number of fused-ring (bicyclic) bond motifs is 1. The largest absolute Gasteiger partial charge is 0.364 e. The SMILES string of the molecule is CCc1c(C)sc2ncnc(NCc3cnc(C)cn3)c12.